The highest BCUT2D eigenvalue weighted by atomic mass is 79.9. The normalized spacial score (nSPS) is 29.0. The Morgan fingerprint density at radius 3 is 2.63 bits per heavy atom. The largest absolute Gasteiger partial charge is 0.490 e. The minimum absolute atomic E-state index is 0.282. The summed E-state index contributed by atoms with van der Waals surface area (Å²) < 4.78 is 7.11. The van der Waals surface area contributed by atoms with E-state index < -0.39 is 6.10 Å². The Labute approximate surface area is 124 Å². The lowest BCUT2D eigenvalue weighted by atomic mass is 9.80. The smallest absolute Gasteiger partial charge is 0.125 e. The minimum atomic E-state index is -0.507. The Balaban J connectivity index is 2.11. The van der Waals surface area contributed by atoms with Gasteiger partial charge in [-0.1, -0.05) is 29.8 Å². The van der Waals surface area contributed by atoms with Gasteiger partial charge in [0.15, 0.2) is 0 Å². The molecule has 0 saturated heterocycles. The SMILES string of the molecule is CC1CCC(Oc2ccc(Br)cc2[C@H](C)O)CC1C. The van der Waals surface area contributed by atoms with Crippen LogP contribution < -0.4 is 4.74 Å². The van der Waals surface area contributed by atoms with Crippen LogP contribution in [0.25, 0.3) is 0 Å². The average molecular weight is 327 g/mol. The third kappa shape index (κ3) is 3.73. The molecule has 1 aromatic carbocycles. The molecule has 0 heterocycles. The molecule has 2 nitrogen and oxygen atoms in total. The monoisotopic (exact) mass is 326 g/mol. The van der Waals surface area contributed by atoms with Gasteiger partial charge in [-0.3, -0.25) is 0 Å². The lowest BCUT2D eigenvalue weighted by Crippen LogP contribution is -2.29. The molecule has 19 heavy (non-hydrogen) atoms. The Bertz CT molecular complexity index is 431. The molecule has 0 aromatic heterocycles. The summed E-state index contributed by atoms with van der Waals surface area (Å²) in [5, 5.41) is 9.85. The summed E-state index contributed by atoms with van der Waals surface area (Å²) in [5.41, 5.74) is 0.862. The number of aliphatic hydroxyl groups is 1. The van der Waals surface area contributed by atoms with E-state index in [0.29, 0.717) is 5.92 Å². The third-order valence-corrected chi connectivity index (χ3v) is 4.76. The summed E-state index contributed by atoms with van der Waals surface area (Å²) in [6, 6.07) is 5.86. The van der Waals surface area contributed by atoms with Gasteiger partial charge < -0.3 is 9.84 Å². The number of rotatable bonds is 3. The first-order chi connectivity index (χ1) is 8.97. The molecule has 1 saturated carbocycles. The highest BCUT2D eigenvalue weighted by Crippen LogP contribution is 2.35. The number of halogens is 1. The van der Waals surface area contributed by atoms with E-state index in [0.717, 1.165) is 34.5 Å². The molecule has 1 aliphatic rings. The highest BCUT2D eigenvalue weighted by molar-refractivity contribution is 9.10. The van der Waals surface area contributed by atoms with E-state index in [9.17, 15) is 5.11 Å². The topological polar surface area (TPSA) is 29.5 Å². The summed E-state index contributed by atoms with van der Waals surface area (Å²) >= 11 is 3.44. The molecule has 3 heteroatoms. The summed E-state index contributed by atoms with van der Waals surface area (Å²) in [4.78, 5) is 0. The van der Waals surface area contributed by atoms with Crippen molar-refractivity contribution in [2.75, 3.05) is 0 Å². The second-order valence-corrected chi connectivity index (χ2v) is 6.78. The standard InChI is InChI=1S/C16H23BrO2/c1-10-4-6-14(8-11(10)2)19-16-7-5-13(17)9-15(16)12(3)18/h5,7,9-12,14,18H,4,6,8H2,1-3H3/t10?,11?,12-,14?/m0/s1. The molecule has 4 atom stereocenters. The van der Waals surface area contributed by atoms with Gasteiger partial charge in [0.1, 0.15) is 5.75 Å². The van der Waals surface area contributed by atoms with Crippen molar-refractivity contribution in [1.82, 2.24) is 0 Å². The van der Waals surface area contributed by atoms with E-state index in [1.54, 1.807) is 6.92 Å². The minimum Gasteiger partial charge on any atom is -0.490 e. The maximum Gasteiger partial charge on any atom is 0.125 e. The molecule has 1 aromatic rings. The molecule has 106 valence electrons. The van der Waals surface area contributed by atoms with Gasteiger partial charge in [-0.05, 0) is 56.2 Å². The van der Waals surface area contributed by atoms with Crippen molar-refractivity contribution in [3.05, 3.63) is 28.2 Å². The predicted octanol–water partition coefficient (Wildman–Crippen LogP) is 4.71. The zero-order valence-electron chi connectivity index (χ0n) is 11.9. The molecule has 0 amide bonds. The molecule has 0 spiro atoms. The molecule has 1 fully saturated rings. The van der Waals surface area contributed by atoms with E-state index >= 15 is 0 Å². The van der Waals surface area contributed by atoms with Crippen molar-refractivity contribution >= 4 is 15.9 Å². The van der Waals surface area contributed by atoms with E-state index in [4.69, 9.17) is 4.74 Å². The molecule has 0 radical (unpaired) electrons. The van der Waals surface area contributed by atoms with Gasteiger partial charge >= 0.3 is 0 Å². The van der Waals surface area contributed by atoms with Crippen molar-refractivity contribution in [2.24, 2.45) is 11.8 Å². The zero-order valence-corrected chi connectivity index (χ0v) is 13.5. The van der Waals surface area contributed by atoms with Crippen LogP contribution in [0.4, 0.5) is 0 Å². The third-order valence-electron chi connectivity index (χ3n) is 4.27. The lowest BCUT2D eigenvalue weighted by molar-refractivity contribution is 0.0957. The van der Waals surface area contributed by atoms with Gasteiger partial charge in [0.2, 0.25) is 0 Å². The average Bonchev–Trinajstić information content (AvgIpc) is 2.36. The van der Waals surface area contributed by atoms with Crippen LogP contribution in [0.2, 0.25) is 0 Å². The molecule has 0 aliphatic heterocycles. The van der Waals surface area contributed by atoms with Crippen LogP contribution in [0.1, 0.15) is 51.7 Å². The van der Waals surface area contributed by atoms with Gasteiger partial charge in [0.25, 0.3) is 0 Å². The lowest BCUT2D eigenvalue weighted by Gasteiger charge is -2.32. The van der Waals surface area contributed by atoms with Crippen molar-refractivity contribution in [2.45, 2.75) is 52.2 Å². The molecule has 2 rings (SSSR count). The van der Waals surface area contributed by atoms with Crippen LogP contribution in [0.3, 0.4) is 0 Å². The zero-order chi connectivity index (χ0) is 14.0. The van der Waals surface area contributed by atoms with Crippen LogP contribution >= 0.6 is 15.9 Å². The van der Waals surface area contributed by atoms with Crippen molar-refractivity contribution in [3.8, 4) is 5.75 Å². The number of hydrogen-bond acceptors (Lipinski definition) is 2. The fraction of sp³-hybridized carbons (Fsp3) is 0.625. The Morgan fingerprint density at radius 1 is 1.26 bits per heavy atom. The fourth-order valence-electron chi connectivity index (χ4n) is 2.74. The van der Waals surface area contributed by atoms with Gasteiger partial charge in [-0.15, -0.1) is 0 Å². The number of aliphatic hydroxyl groups excluding tert-OH is 1. The Hall–Kier alpha value is -0.540. The maximum atomic E-state index is 9.85. The molecule has 1 aliphatic carbocycles. The van der Waals surface area contributed by atoms with Crippen LogP contribution in [-0.4, -0.2) is 11.2 Å². The van der Waals surface area contributed by atoms with Crippen molar-refractivity contribution in [1.29, 1.82) is 0 Å². The summed E-state index contributed by atoms with van der Waals surface area (Å²) in [5.74, 6) is 2.33. The van der Waals surface area contributed by atoms with Crippen LogP contribution in [0.15, 0.2) is 22.7 Å². The van der Waals surface area contributed by atoms with Gasteiger partial charge in [0, 0.05) is 10.0 Å². The molecule has 1 N–H and O–H groups in total. The number of benzene rings is 1. The first kappa shape index (κ1) is 14.9. The van der Waals surface area contributed by atoms with Gasteiger partial charge in [-0.25, -0.2) is 0 Å². The Kier molecular flexibility index (Phi) is 4.91. The van der Waals surface area contributed by atoms with Crippen molar-refractivity contribution in [3.63, 3.8) is 0 Å². The number of hydrogen-bond donors (Lipinski definition) is 1. The first-order valence-electron chi connectivity index (χ1n) is 7.11. The Morgan fingerprint density at radius 2 is 2.00 bits per heavy atom. The molecule has 0 bridgehead atoms. The summed E-state index contributed by atoms with van der Waals surface area (Å²) in [6.07, 6.45) is 3.22. The summed E-state index contributed by atoms with van der Waals surface area (Å²) in [6.45, 7) is 6.40. The van der Waals surface area contributed by atoms with Crippen LogP contribution in [-0.2, 0) is 0 Å². The van der Waals surface area contributed by atoms with E-state index in [2.05, 4.69) is 29.8 Å². The second-order valence-electron chi connectivity index (χ2n) is 5.87. The van der Waals surface area contributed by atoms with Crippen molar-refractivity contribution < 1.29 is 9.84 Å². The first-order valence-corrected chi connectivity index (χ1v) is 7.91. The predicted molar refractivity (Wildman–Crippen MR) is 81.4 cm³/mol. The second kappa shape index (κ2) is 6.27. The molecular weight excluding hydrogens is 304 g/mol. The number of ether oxygens (including phenoxy) is 1. The quantitative estimate of drug-likeness (QED) is 0.871. The van der Waals surface area contributed by atoms with Gasteiger partial charge in [0.05, 0.1) is 12.2 Å². The highest BCUT2D eigenvalue weighted by Gasteiger charge is 2.26. The van der Waals surface area contributed by atoms with E-state index in [-0.39, 0.29) is 6.10 Å². The van der Waals surface area contributed by atoms with Crippen LogP contribution in [0, 0.1) is 11.8 Å². The van der Waals surface area contributed by atoms with Gasteiger partial charge in [-0.2, -0.15) is 0 Å². The van der Waals surface area contributed by atoms with E-state index in [1.807, 2.05) is 18.2 Å². The fourth-order valence-corrected chi connectivity index (χ4v) is 3.12. The molecule has 3 unspecified atom stereocenters. The molecular formula is C16H23BrO2. The van der Waals surface area contributed by atoms with E-state index in [1.165, 1.54) is 6.42 Å². The summed E-state index contributed by atoms with van der Waals surface area (Å²) in [7, 11) is 0. The maximum absolute atomic E-state index is 9.85. The van der Waals surface area contributed by atoms with Crippen LogP contribution in [0.5, 0.6) is 5.75 Å².